The number of piperazine rings is 1. The number of anilines is 2. The van der Waals surface area contributed by atoms with Gasteiger partial charge in [0.05, 0.1) is 18.8 Å². The van der Waals surface area contributed by atoms with Gasteiger partial charge in [0.15, 0.2) is 0 Å². The van der Waals surface area contributed by atoms with Gasteiger partial charge in [-0.3, -0.25) is 4.98 Å². The highest BCUT2D eigenvalue weighted by molar-refractivity contribution is 5.88. The minimum absolute atomic E-state index is 0.643. The second kappa shape index (κ2) is 6.27. The maximum atomic E-state index is 5.21. The van der Waals surface area contributed by atoms with Gasteiger partial charge >= 0.3 is 0 Å². The quantitative estimate of drug-likeness (QED) is 0.728. The lowest BCUT2D eigenvalue weighted by Gasteiger charge is -2.36. The molecular weight excluding hydrogens is 304 g/mol. The van der Waals surface area contributed by atoms with E-state index in [4.69, 9.17) is 4.74 Å². The Morgan fingerprint density at radius 2 is 1.83 bits per heavy atom. The zero-order valence-corrected chi connectivity index (χ0v) is 13.5. The summed E-state index contributed by atoms with van der Waals surface area (Å²) in [5, 5.41) is 1.04. The smallest absolute Gasteiger partial charge is 0.214 e. The third-order valence-corrected chi connectivity index (χ3v) is 4.24. The van der Waals surface area contributed by atoms with Crippen molar-refractivity contribution in [3.05, 3.63) is 43.0 Å². The predicted octanol–water partition coefficient (Wildman–Crippen LogP) is 1.75. The van der Waals surface area contributed by atoms with Gasteiger partial charge in [0.1, 0.15) is 18.0 Å². The molecule has 3 aromatic heterocycles. The lowest BCUT2D eigenvalue weighted by atomic mass is 10.2. The molecule has 3 aromatic rings. The van der Waals surface area contributed by atoms with E-state index in [0.29, 0.717) is 5.88 Å². The van der Waals surface area contributed by atoms with Crippen molar-refractivity contribution in [2.75, 3.05) is 43.1 Å². The first-order valence-electron chi connectivity index (χ1n) is 7.91. The molecular formula is C17H18N6O. The monoisotopic (exact) mass is 322 g/mol. The number of nitrogens with zero attached hydrogens (tertiary/aromatic N) is 6. The molecule has 7 heteroatoms. The van der Waals surface area contributed by atoms with E-state index in [1.165, 1.54) is 0 Å². The molecule has 1 fully saturated rings. The fourth-order valence-corrected chi connectivity index (χ4v) is 2.99. The summed E-state index contributed by atoms with van der Waals surface area (Å²) < 4.78 is 5.21. The van der Waals surface area contributed by atoms with E-state index in [9.17, 15) is 0 Å². The molecule has 0 unspecified atom stereocenters. The molecule has 0 N–H and O–H groups in total. The Hall–Kier alpha value is -2.96. The van der Waals surface area contributed by atoms with Gasteiger partial charge < -0.3 is 14.5 Å². The maximum absolute atomic E-state index is 5.21. The van der Waals surface area contributed by atoms with Crippen molar-refractivity contribution in [3.63, 3.8) is 0 Å². The number of rotatable bonds is 3. The van der Waals surface area contributed by atoms with Gasteiger partial charge in [-0.1, -0.05) is 6.07 Å². The normalized spacial score (nSPS) is 14.9. The largest absolute Gasteiger partial charge is 0.481 e. The minimum atomic E-state index is 0.643. The number of ether oxygens (including phenoxy) is 1. The molecule has 1 aliphatic rings. The Balaban J connectivity index is 1.53. The van der Waals surface area contributed by atoms with Crippen molar-refractivity contribution in [3.8, 4) is 5.88 Å². The molecule has 0 radical (unpaired) electrons. The van der Waals surface area contributed by atoms with Crippen LogP contribution in [-0.4, -0.2) is 53.2 Å². The van der Waals surface area contributed by atoms with Crippen molar-refractivity contribution < 1.29 is 4.74 Å². The van der Waals surface area contributed by atoms with Gasteiger partial charge in [-0.2, -0.15) is 4.98 Å². The van der Waals surface area contributed by atoms with Crippen LogP contribution in [0.4, 0.5) is 11.6 Å². The molecule has 0 saturated carbocycles. The molecule has 0 bridgehead atoms. The number of hydrogen-bond donors (Lipinski definition) is 0. The van der Waals surface area contributed by atoms with Gasteiger partial charge in [-0.15, -0.1) is 0 Å². The Kier molecular flexibility index (Phi) is 3.82. The van der Waals surface area contributed by atoms with E-state index in [1.54, 1.807) is 25.8 Å². The molecule has 7 nitrogen and oxygen atoms in total. The van der Waals surface area contributed by atoms with Crippen LogP contribution in [0.25, 0.3) is 10.9 Å². The molecule has 1 aliphatic heterocycles. The van der Waals surface area contributed by atoms with Crippen molar-refractivity contribution in [1.29, 1.82) is 0 Å². The first-order valence-corrected chi connectivity index (χ1v) is 7.91. The average molecular weight is 322 g/mol. The Bertz CT molecular complexity index is 842. The van der Waals surface area contributed by atoms with Crippen LogP contribution >= 0.6 is 0 Å². The highest BCUT2D eigenvalue weighted by atomic mass is 16.5. The van der Waals surface area contributed by atoms with Gasteiger partial charge in [-0.05, 0) is 12.1 Å². The van der Waals surface area contributed by atoms with Crippen molar-refractivity contribution in [2.24, 2.45) is 0 Å². The summed E-state index contributed by atoms with van der Waals surface area (Å²) >= 11 is 0. The Morgan fingerprint density at radius 3 is 2.67 bits per heavy atom. The summed E-state index contributed by atoms with van der Waals surface area (Å²) in [6.07, 6.45) is 5.16. The van der Waals surface area contributed by atoms with Crippen LogP contribution in [0.15, 0.2) is 43.0 Å². The fraction of sp³-hybridized carbons (Fsp3) is 0.294. The number of methoxy groups -OCH3 is 1. The first-order chi connectivity index (χ1) is 11.8. The second-order valence-corrected chi connectivity index (χ2v) is 5.60. The van der Waals surface area contributed by atoms with Crippen LogP contribution in [0, 0.1) is 0 Å². The van der Waals surface area contributed by atoms with E-state index >= 15 is 0 Å². The van der Waals surface area contributed by atoms with Crippen molar-refractivity contribution in [1.82, 2.24) is 19.9 Å². The van der Waals surface area contributed by atoms with Crippen LogP contribution in [-0.2, 0) is 0 Å². The fourth-order valence-electron chi connectivity index (χ4n) is 2.99. The predicted molar refractivity (Wildman–Crippen MR) is 92.5 cm³/mol. The summed E-state index contributed by atoms with van der Waals surface area (Å²) in [6.45, 7) is 3.54. The number of fused-ring (bicyclic) bond motifs is 1. The molecule has 0 aliphatic carbocycles. The van der Waals surface area contributed by atoms with E-state index in [2.05, 4.69) is 29.7 Å². The lowest BCUT2D eigenvalue weighted by molar-refractivity contribution is 0.397. The molecule has 1 saturated heterocycles. The SMILES string of the molecule is COc1cccc(N2CCN(c3ncnc4cnccc34)CC2)n1. The highest BCUT2D eigenvalue weighted by Crippen LogP contribution is 2.24. The van der Waals surface area contributed by atoms with Crippen LogP contribution in [0.2, 0.25) is 0 Å². The topological polar surface area (TPSA) is 67.3 Å². The number of pyridine rings is 2. The third-order valence-electron chi connectivity index (χ3n) is 4.24. The zero-order valence-electron chi connectivity index (χ0n) is 13.5. The van der Waals surface area contributed by atoms with Gasteiger partial charge in [0.2, 0.25) is 5.88 Å². The van der Waals surface area contributed by atoms with Crippen molar-refractivity contribution >= 4 is 22.5 Å². The molecule has 122 valence electrons. The van der Waals surface area contributed by atoms with Crippen LogP contribution in [0.1, 0.15) is 0 Å². The molecule has 0 aromatic carbocycles. The lowest BCUT2D eigenvalue weighted by Crippen LogP contribution is -2.47. The highest BCUT2D eigenvalue weighted by Gasteiger charge is 2.21. The maximum Gasteiger partial charge on any atom is 0.214 e. The summed E-state index contributed by atoms with van der Waals surface area (Å²) in [6, 6.07) is 7.82. The van der Waals surface area contributed by atoms with Gasteiger partial charge in [0, 0.05) is 43.8 Å². The Labute approximate surface area is 140 Å². The van der Waals surface area contributed by atoms with Gasteiger partial charge in [-0.25, -0.2) is 9.97 Å². The molecule has 4 rings (SSSR count). The van der Waals surface area contributed by atoms with E-state index in [0.717, 1.165) is 48.7 Å². The van der Waals surface area contributed by atoms with E-state index in [1.807, 2.05) is 24.3 Å². The minimum Gasteiger partial charge on any atom is -0.481 e. The molecule has 24 heavy (non-hydrogen) atoms. The van der Waals surface area contributed by atoms with Crippen LogP contribution in [0.3, 0.4) is 0 Å². The zero-order chi connectivity index (χ0) is 16.4. The van der Waals surface area contributed by atoms with Crippen LogP contribution < -0.4 is 14.5 Å². The van der Waals surface area contributed by atoms with Crippen molar-refractivity contribution in [2.45, 2.75) is 0 Å². The summed E-state index contributed by atoms with van der Waals surface area (Å²) in [7, 11) is 1.64. The standard InChI is InChI=1S/C17H18N6O/c1-24-16-4-2-3-15(21-16)22-7-9-23(10-8-22)17-13-5-6-18-11-14(13)19-12-20-17/h2-6,11-12H,7-10H2,1H3. The summed E-state index contributed by atoms with van der Waals surface area (Å²) in [5.41, 5.74) is 0.874. The number of aromatic nitrogens is 4. The molecule has 4 heterocycles. The first kappa shape index (κ1) is 14.6. The number of hydrogen-bond acceptors (Lipinski definition) is 7. The average Bonchev–Trinajstić information content (AvgIpc) is 2.68. The van der Waals surface area contributed by atoms with E-state index in [-0.39, 0.29) is 0 Å². The summed E-state index contributed by atoms with van der Waals surface area (Å²) in [4.78, 5) is 22.0. The second-order valence-electron chi connectivity index (χ2n) is 5.60. The summed E-state index contributed by atoms with van der Waals surface area (Å²) in [5.74, 6) is 2.57. The van der Waals surface area contributed by atoms with E-state index < -0.39 is 0 Å². The third kappa shape index (κ3) is 2.68. The molecule has 0 spiro atoms. The van der Waals surface area contributed by atoms with Gasteiger partial charge in [0.25, 0.3) is 0 Å². The molecule has 0 amide bonds. The molecule has 0 atom stereocenters. The Morgan fingerprint density at radius 1 is 1.00 bits per heavy atom. The van der Waals surface area contributed by atoms with Crippen LogP contribution in [0.5, 0.6) is 5.88 Å².